The Labute approximate surface area is 235 Å². The van der Waals surface area contributed by atoms with Gasteiger partial charge < -0.3 is 30.9 Å². The van der Waals surface area contributed by atoms with Gasteiger partial charge in [-0.15, -0.1) is 0 Å². The highest BCUT2D eigenvalue weighted by Crippen LogP contribution is 2.47. The van der Waals surface area contributed by atoms with Crippen molar-refractivity contribution in [3.8, 4) is 22.8 Å². The number of rotatable bonds is 7. The molecule has 0 radical (unpaired) electrons. The molecule has 5 rings (SSSR count). The Balaban J connectivity index is 1.57. The third-order valence-corrected chi connectivity index (χ3v) is 7.41. The summed E-state index contributed by atoms with van der Waals surface area (Å²) >= 11 is 0. The molecule has 0 fully saturated rings. The van der Waals surface area contributed by atoms with Crippen LogP contribution in [0, 0.1) is 5.82 Å². The van der Waals surface area contributed by atoms with Gasteiger partial charge >= 0.3 is 6.18 Å². The number of hydrogen-bond donors (Lipinski definition) is 4. The summed E-state index contributed by atoms with van der Waals surface area (Å²) in [6.45, 7) is -0.320. The number of methoxy groups -OCH3 is 1. The molecular formula is C28H24F4N4O6. The minimum absolute atomic E-state index is 0.0476. The van der Waals surface area contributed by atoms with Crippen molar-refractivity contribution >= 4 is 23.4 Å². The molecule has 0 saturated heterocycles. The predicted molar refractivity (Wildman–Crippen MR) is 139 cm³/mol. The standard InChI is InChI=1S/C28H24F4N4O6/c1-26(25(33)39)12-42-23-17(26)10-19(35-22(23)13-3-5-16(29)6-4-13)27(40,28(30,31)32)11-34-24(38)15-7-14-9-20(37)36-21(14)18(8-15)41-2/h3-8,10,40H,9,11-12H2,1-2H3,(H2,33,39)(H,34,38)(H,36,37)/t26-,27?/m0/s1. The average molecular weight is 589 g/mol. The van der Waals surface area contributed by atoms with Gasteiger partial charge in [-0.05, 0) is 55.0 Å². The van der Waals surface area contributed by atoms with Gasteiger partial charge in [-0.1, -0.05) is 0 Å². The van der Waals surface area contributed by atoms with Crippen LogP contribution in [-0.4, -0.2) is 54.2 Å². The van der Waals surface area contributed by atoms with Crippen molar-refractivity contribution < 1.29 is 46.5 Å². The number of ether oxygens (including phenoxy) is 2. The number of benzene rings is 2. The van der Waals surface area contributed by atoms with E-state index in [9.17, 15) is 37.1 Å². The van der Waals surface area contributed by atoms with Crippen molar-refractivity contribution in [2.75, 3.05) is 25.6 Å². The number of fused-ring (bicyclic) bond motifs is 2. The number of anilines is 1. The van der Waals surface area contributed by atoms with Crippen LogP contribution in [0.25, 0.3) is 11.3 Å². The van der Waals surface area contributed by atoms with Gasteiger partial charge in [0.1, 0.15) is 35.0 Å². The monoisotopic (exact) mass is 588 g/mol. The maximum absolute atomic E-state index is 14.6. The highest BCUT2D eigenvalue weighted by atomic mass is 19.4. The average Bonchev–Trinajstić information content (AvgIpc) is 3.50. The summed E-state index contributed by atoms with van der Waals surface area (Å²) in [5.41, 5.74) is -0.190. The zero-order chi connectivity index (χ0) is 30.6. The summed E-state index contributed by atoms with van der Waals surface area (Å²) in [5.74, 6) is -2.78. The number of carbonyl (C=O) groups is 3. The molecular weight excluding hydrogens is 564 g/mol. The van der Waals surface area contributed by atoms with Crippen molar-refractivity contribution in [3.63, 3.8) is 0 Å². The van der Waals surface area contributed by atoms with E-state index in [-0.39, 0.29) is 52.8 Å². The van der Waals surface area contributed by atoms with Crippen molar-refractivity contribution in [1.29, 1.82) is 0 Å². The van der Waals surface area contributed by atoms with Crippen LogP contribution in [0.1, 0.15) is 34.1 Å². The lowest BCUT2D eigenvalue weighted by molar-refractivity contribution is -0.265. The van der Waals surface area contributed by atoms with Crippen molar-refractivity contribution in [2.24, 2.45) is 5.73 Å². The van der Waals surface area contributed by atoms with Crippen LogP contribution in [0.5, 0.6) is 11.5 Å². The second-order valence-corrected chi connectivity index (χ2v) is 10.2. The van der Waals surface area contributed by atoms with E-state index in [0.717, 1.165) is 18.2 Å². The van der Waals surface area contributed by atoms with Crippen molar-refractivity contribution in [3.05, 3.63) is 70.7 Å². The molecule has 14 heteroatoms. The van der Waals surface area contributed by atoms with Crippen LogP contribution in [-0.2, 0) is 27.0 Å². The Morgan fingerprint density at radius 3 is 2.52 bits per heavy atom. The van der Waals surface area contributed by atoms with Crippen molar-refractivity contribution in [1.82, 2.24) is 10.3 Å². The fraction of sp³-hybridized carbons (Fsp3) is 0.286. The maximum atomic E-state index is 14.6. The molecule has 2 aromatic carbocycles. The highest BCUT2D eigenvalue weighted by Gasteiger charge is 2.57. The Kier molecular flexibility index (Phi) is 6.84. The largest absolute Gasteiger partial charge is 0.495 e. The van der Waals surface area contributed by atoms with E-state index in [1.165, 1.54) is 38.3 Å². The number of nitrogens with two attached hydrogens (primary N) is 1. The first kappa shape index (κ1) is 28.8. The van der Waals surface area contributed by atoms with Gasteiger partial charge in [0.15, 0.2) is 0 Å². The molecule has 0 spiro atoms. The van der Waals surface area contributed by atoms with Gasteiger partial charge in [0.25, 0.3) is 5.91 Å². The van der Waals surface area contributed by atoms with Gasteiger partial charge in [0, 0.05) is 16.7 Å². The highest BCUT2D eigenvalue weighted by molar-refractivity contribution is 6.03. The third kappa shape index (κ3) is 4.66. The van der Waals surface area contributed by atoms with Crippen LogP contribution in [0.15, 0.2) is 42.5 Å². The number of hydrogen-bond acceptors (Lipinski definition) is 7. The molecule has 0 aliphatic carbocycles. The predicted octanol–water partition coefficient (Wildman–Crippen LogP) is 2.71. The molecule has 220 valence electrons. The van der Waals surface area contributed by atoms with E-state index in [1.54, 1.807) is 0 Å². The SMILES string of the molecule is COc1cc(C(=O)NCC(O)(c2cc3c(c(-c4ccc(F)cc4)n2)OC[C@]3(C)C(N)=O)C(F)(F)F)cc2c1NC(=O)C2. The summed E-state index contributed by atoms with van der Waals surface area (Å²) < 4.78 is 68.2. The number of carbonyl (C=O) groups excluding carboxylic acids is 3. The number of aliphatic hydroxyl groups is 1. The Morgan fingerprint density at radius 1 is 1.21 bits per heavy atom. The number of halogens is 4. The Bertz CT molecular complexity index is 1630. The number of primary amides is 1. The molecule has 3 amide bonds. The molecule has 10 nitrogen and oxygen atoms in total. The van der Waals surface area contributed by atoms with E-state index in [0.29, 0.717) is 11.3 Å². The van der Waals surface area contributed by atoms with E-state index in [2.05, 4.69) is 15.6 Å². The summed E-state index contributed by atoms with van der Waals surface area (Å²) in [7, 11) is 1.30. The fourth-order valence-corrected chi connectivity index (χ4v) is 4.85. The molecule has 2 aliphatic rings. The van der Waals surface area contributed by atoms with Crippen LogP contribution in [0.4, 0.5) is 23.2 Å². The summed E-state index contributed by atoms with van der Waals surface area (Å²) in [5, 5.41) is 15.8. The second kappa shape index (κ2) is 9.98. The minimum Gasteiger partial charge on any atom is -0.495 e. The Hall–Kier alpha value is -4.72. The van der Waals surface area contributed by atoms with Gasteiger partial charge in [0.2, 0.25) is 17.4 Å². The van der Waals surface area contributed by atoms with Gasteiger partial charge in [-0.2, -0.15) is 13.2 Å². The molecule has 0 saturated carbocycles. The van der Waals surface area contributed by atoms with E-state index in [1.807, 2.05) is 0 Å². The lowest BCUT2D eigenvalue weighted by atomic mass is 9.81. The van der Waals surface area contributed by atoms with E-state index in [4.69, 9.17) is 15.2 Å². The van der Waals surface area contributed by atoms with Gasteiger partial charge in [-0.25, -0.2) is 9.37 Å². The zero-order valence-corrected chi connectivity index (χ0v) is 22.2. The summed E-state index contributed by atoms with van der Waals surface area (Å²) in [6, 6.07) is 8.05. The number of nitrogens with zero attached hydrogens (tertiary/aromatic N) is 1. The maximum Gasteiger partial charge on any atom is 0.424 e. The molecule has 3 heterocycles. The molecule has 0 bridgehead atoms. The summed E-state index contributed by atoms with van der Waals surface area (Å²) in [4.78, 5) is 41.2. The van der Waals surface area contributed by atoms with Crippen LogP contribution < -0.4 is 25.8 Å². The van der Waals surface area contributed by atoms with E-state index >= 15 is 0 Å². The van der Waals surface area contributed by atoms with Crippen molar-refractivity contribution in [2.45, 2.75) is 30.5 Å². The topological polar surface area (TPSA) is 153 Å². The second-order valence-electron chi connectivity index (χ2n) is 10.2. The first-order valence-corrected chi connectivity index (χ1v) is 12.5. The molecule has 5 N–H and O–H groups in total. The quantitative estimate of drug-likeness (QED) is 0.310. The first-order chi connectivity index (χ1) is 19.7. The number of nitrogens with one attached hydrogen (secondary N) is 2. The number of amides is 3. The van der Waals surface area contributed by atoms with E-state index < -0.39 is 47.1 Å². The first-order valence-electron chi connectivity index (χ1n) is 12.5. The normalized spacial score (nSPS) is 18.8. The zero-order valence-electron chi connectivity index (χ0n) is 22.2. The molecule has 1 aromatic heterocycles. The molecule has 1 unspecified atom stereocenters. The number of alkyl halides is 3. The molecule has 2 aliphatic heterocycles. The molecule has 2 atom stereocenters. The summed E-state index contributed by atoms with van der Waals surface area (Å²) in [6.07, 6.45) is -5.44. The van der Waals surface area contributed by atoms with Crippen LogP contribution in [0.3, 0.4) is 0 Å². The minimum atomic E-state index is -5.38. The third-order valence-electron chi connectivity index (χ3n) is 7.41. The number of aromatic nitrogens is 1. The lowest BCUT2D eigenvalue weighted by Crippen LogP contribution is -2.51. The fourth-order valence-electron chi connectivity index (χ4n) is 4.85. The van der Waals surface area contributed by atoms with Crippen LogP contribution in [0.2, 0.25) is 0 Å². The Morgan fingerprint density at radius 2 is 1.90 bits per heavy atom. The van der Waals surface area contributed by atoms with Crippen LogP contribution >= 0.6 is 0 Å². The number of pyridine rings is 1. The molecule has 3 aromatic rings. The van der Waals surface area contributed by atoms with Gasteiger partial charge in [-0.3, -0.25) is 14.4 Å². The van der Waals surface area contributed by atoms with Gasteiger partial charge in [0.05, 0.1) is 31.5 Å². The smallest absolute Gasteiger partial charge is 0.424 e. The molecule has 42 heavy (non-hydrogen) atoms. The lowest BCUT2D eigenvalue weighted by Gasteiger charge is -2.31.